The maximum Gasteiger partial charge on any atom is 0.338 e. The first-order valence-electron chi connectivity index (χ1n) is 8.75. The number of ether oxygens (including phenoxy) is 2. The molecule has 0 saturated heterocycles. The van der Waals surface area contributed by atoms with E-state index in [1.165, 1.54) is 12.8 Å². The Morgan fingerprint density at radius 3 is 2.56 bits per heavy atom. The average molecular weight is 362 g/mol. The van der Waals surface area contributed by atoms with E-state index in [-0.39, 0.29) is 12.0 Å². The van der Waals surface area contributed by atoms with Gasteiger partial charge in [-0.25, -0.2) is 4.79 Å². The second-order valence-electron chi connectivity index (χ2n) is 5.92. The van der Waals surface area contributed by atoms with E-state index in [0.29, 0.717) is 23.0 Å². The monoisotopic (exact) mass is 362 g/mol. The van der Waals surface area contributed by atoms with Gasteiger partial charge in [0.15, 0.2) is 5.11 Å². The molecule has 1 atom stereocenters. The first-order valence-corrected chi connectivity index (χ1v) is 9.15. The summed E-state index contributed by atoms with van der Waals surface area (Å²) < 4.78 is 10.9. The molecule has 2 rings (SSSR count). The van der Waals surface area contributed by atoms with Crippen molar-refractivity contribution in [1.29, 1.82) is 0 Å². The van der Waals surface area contributed by atoms with Crippen LogP contribution in [0, 0.1) is 0 Å². The zero-order chi connectivity index (χ0) is 18.2. The number of hydrogen-bond acceptors (Lipinski definition) is 4. The van der Waals surface area contributed by atoms with Crippen molar-refractivity contribution in [2.75, 3.05) is 13.2 Å². The van der Waals surface area contributed by atoms with Crippen LogP contribution >= 0.6 is 12.2 Å². The van der Waals surface area contributed by atoms with E-state index in [4.69, 9.17) is 21.7 Å². The van der Waals surface area contributed by atoms with Gasteiger partial charge in [0.2, 0.25) is 0 Å². The second kappa shape index (κ2) is 9.42. The van der Waals surface area contributed by atoms with Gasteiger partial charge in [0, 0.05) is 5.70 Å². The van der Waals surface area contributed by atoms with Gasteiger partial charge in [0.25, 0.3) is 0 Å². The van der Waals surface area contributed by atoms with Crippen LogP contribution in [0.15, 0.2) is 35.5 Å². The lowest BCUT2D eigenvalue weighted by atomic mass is 9.95. The molecule has 0 unspecified atom stereocenters. The van der Waals surface area contributed by atoms with E-state index >= 15 is 0 Å². The summed E-state index contributed by atoms with van der Waals surface area (Å²) in [5.74, 6) is 0.488. The Hall–Kier alpha value is -2.08. The summed E-state index contributed by atoms with van der Waals surface area (Å²) in [5.41, 5.74) is 2.20. The molecule has 1 aliphatic rings. The summed E-state index contributed by atoms with van der Waals surface area (Å²) in [6.07, 6.45) is 3.39. The van der Waals surface area contributed by atoms with Crippen LogP contribution in [0.4, 0.5) is 0 Å². The smallest absolute Gasteiger partial charge is 0.338 e. The van der Waals surface area contributed by atoms with Crippen LogP contribution in [0.2, 0.25) is 0 Å². The predicted molar refractivity (Wildman–Crippen MR) is 102 cm³/mol. The average Bonchev–Trinajstić information content (AvgIpc) is 2.59. The standard InChI is InChI=1S/C19H26N2O3S/c1-4-6-7-12-24-15-10-8-14(9-11-15)17-16(18(22)23-5-2)13(3)20-19(25)21-17/h8-11,17H,4-7,12H2,1-3H3,(H2,20,21,25)/t17-/m0/s1. The lowest BCUT2D eigenvalue weighted by Crippen LogP contribution is -2.45. The molecule has 0 aromatic heterocycles. The Kier molecular flexibility index (Phi) is 7.25. The van der Waals surface area contributed by atoms with Gasteiger partial charge in [-0.05, 0) is 50.2 Å². The highest BCUT2D eigenvalue weighted by molar-refractivity contribution is 7.80. The van der Waals surface area contributed by atoms with Gasteiger partial charge in [0.1, 0.15) is 5.75 Å². The molecular formula is C19H26N2O3S. The number of carbonyl (C=O) groups is 1. The Bertz CT molecular complexity index is 641. The number of benzene rings is 1. The summed E-state index contributed by atoms with van der Waals surface area (Å²) >= 11 is 5.24. The van der Waals surface area contributed by atoms with Crippen molar-refractivity contribution in [3.63, 3.8) is 0 Å². The molecule has 6 heteroatoms. The Labute approximate surface area is 154 Å². The molecule has 1 aromatic carbocycles. The largest absolute Gasteiger partial charge is 0.494 e. The number of allylic oxidation sites excluding steroid dienone is 1. The lowest BCUT2D eigenvalue weighted by Gasteiger charge is -2.29. The normalized spacial score (nSPS) is 16.9. The van der Waals surface area contributed by atoms with E-state index in [1.807, 2.05) is 31.2 Å². The van der Waals surface area contributed by atoms with Crippen molar-refractivity contribution in [2.24, 2.45) is 0 Å². The second-order valence-corrected chi connectivity index (χ2v) is 6.32. The van der Waals surface area contributed by atoms with E-state index in [0.717, 1.165) is 24.3 Å². The highest BCUT2D eigenvalue weighted by atomic mass is 32.1. The minimum absolute atomic E-state index is 0.331. The van der Waals surface area contributed by atoms with Crippen molar-refractivity contribution >= 4 is 23.3 Å². The third-order valence-electron chi connectivity index (χ3n) is 3.99. The summed E-state index contributed by atoms with van der Waals surface area (Å²) in [7, 11) is 0. The van der Waals surface area contributed by atoms with Crippen LogP contribution in [0.5, 0.6) is 5.75 Å². The molecule has 0 aliphatic carbocycles. The number of carbonyl (C=O) groups excluding carboxylic acids is 1. The third-order valence-corrected chi connectivity index (χ3v) is 4.21. The highest BCUT2D eigenvalue weighted by Gasteiger charge is 2.30. The van der Waals surface area contributed by atoms with Gasteiger partial charge in [-0.3, -0.25) is 0 Å². The quantitative estimate of drug-likeness (QED) is 0.418. The van der Waals surface area contributed by atoms with Gasteiger partial charge < -0.3 is 20.1 Å². The molecule has 5 nitrogen and oxygen atoms in total. The van der Waals surface area contributed by atoms with Crippen molar-refractivity contribution in [2.45, 2.75) is 46.1 Å². The van der Waals surface area contributed by atoms with Crippen LogP contribution < -0.4 is 15.4 Å². The zero-order valence-electron chi connectivity index (χ0n) is 15.1. The summed E-state index contributed by atoms with van der Waals surface area (Å²) in [6.45, 7) is 6.84. The van der Waals surface area contributed by atoms with Crippen molar-refractivity contribution in [3.05, 3.63) is 41.1 Å². The summed E-state index contributed by atoms with van der Waals surface area (Å²) in [5, 5.41) is 6.64. The molecule has 2 N–H and O–H groups in total. The topological polar surface area (TPSA) is 59.6 Å². The zero-order valence-corrected chi connectivity index (χ0v) is 15.9. The lowest BCUT2D eigenvalue weighted by molar-refractivity contribution is -0.139. The maximum atomic E-state index is 12.3. The van der Waals surface area contributed by atoms with Crippen LogP contribution in [0.3, 0.4) is 0 Å². The van der Waals surface area contributed by atoms with Crippen LogP contribution in [-0.2, 0) is 9.53 Å². The van der Waals surface area contributed by atoms with Crippen LogP contribution in [0.1, 0.15) is 51.6 Å². The van der Waals surface area contributed by atoms with Gasteiger partial charge in [-0.15, -0.1) is 0 Å². The molecule has 1 aliphatic heterocycles. The Morgan fingerprint density at radius 2 is 1.92 bits per heavy atom. The number of unbranched alkanes of at least 4 members (excludes halogenated alkanes) is 2. The first-order chi connectivity index (χ1) is 12.1. The number of thiocarbonyl (C=S) groups is 1. The number of rotatable bonds is 8. The highest BCUT2D eigenvalue weighted by Crippen LogP contribution is 2.28. The molecule has 0 radical (unpaired) electrons. The molecule has 136 valence electrons. The minimum Gasteiger partial charge on any atom is -0.494 e. The molecule has 1 aromatic rings. The summed E-state index contributed by atoms with van der Waals surface area (Å²) in [6, 6.07) is 7.42. The van der Waals surface area contributed by atoms with E-state index in [9.17, 15) is 4.79 Å². The van der Waals surface area contributed by atoms with Gasteiger partial charge in [-0.2, -0.15) is 0 Å². The fourth-order valence-electron chi connectivity index (χ4n) is 2.72. The van der Waals surface area contributed by atoms with Crippen molar-refractivity contribution < 1.29 is 14.3 Å². The van der Waals surface area contributed by atoms with Gasteiger partial charge in [-0.1, -0.05) is 31.9 Å². The molecule has 1 heterocycles. The Morgan fingerprint density at radius 1 is 1.20 bits per heavy atom. The first kappa shape index (κ1) is 19.2. The fourth-order valence-corrected chi connectivity index (χ4v) is 2.99. The number of hydrogen-bond donors (Lipinski definition) is 2. The third kappa shape index (κ3) is 5.19. The summed E-state index contributed by atoms with van der Waals surface area (Å²) in [4.78, 5) is 12.3. The molecule has 0 amide bonds. The maximum absolute atomic E-state index is 12.3. The van der Waals surface area contributed by atoms with E-state index in [2.05, 4.69) is 17.6 Å². The van der Waals surface area contributed by atoms with Crippen molar-refractivity contribution in [3.8, 4) is 5.75 Å². The fraction of sp³-hybridized carbons (Fsp3) is 0.474. The molecule has 0 spiro atoms. The minimum atomic E-state index is -0.340. The van der Waals surface area contributed by atoms with Crippen molar-refractivity contribution in [1.82, 2.24) is 10.6 Å². The predicted octanol–water partition coefficient (Wildman–Crippen LogP) is 3.61. The van der Waals surface area contributed by atoms with Crippen LogP contribution in [0.25, 0.3) is 0 Å². The number of nitrogens with one attached hydrogen (secondary N) is 2. The van der Waals surface area contributed by atoms with Gasteiger partial charge in [0.05, 0.1) is 24.8 Å². The van der Waals surface area contributed by atoms with E-state index < -0.39 is 0 Å². The van der Waals surface area contributed by atoms with Crippen LogP contribution in [-0.4, -0.2) is 24.3 Å². The molecule has 25 heavy (non-hydrogen) atoms. The molecule has 0 bridgehead atoms. The van der Waals surface area contributed by atoms with Gasteiger partial charge >= 0.3 is 5.97 Å². The SMILES string of the molecule is CCCCCOc1ccc([C@@H]2NC(=S)NC(C)=C2C(=O)OCC)cc1. The molecular weight excluding hydrogens is 336 g/mol. The molecule has 0 fully saturated rings. The number of esters is 1. The van der Waals surface area contributed by atoms with E-state index in [1.54, 1.807) is 6.92 Å². The Balaban J connectivity index is 2.15. The molecule has 0 saturated carbocycles.